The summed E-state index contributed by atoms with van der Waals surface area (Å²) in [4.78, 5) is 7.39. The molecule has 4 nitrogen and oxygen atoms in total. The Balaban J connectivity index is 2.00. The first-order valence-electron chi connectivity index (χ1n) is 6.84. The standard InChI is InChI=1S/C17H12N2O2S/c20-22(21,17-18-14-9-3-4-10-15(14)19-17)16-11-5-7-12-6-1-2-8-13(12)16/h1-11H,(H,18,19). The second kappa shape index (κ2) is 4.68. The van der Waals surface area contributed by atoms with Gasteiger partial charge in [-0.2, -0.15) is 0 Å². The van der Waals surface area contributed by atoms with E-state index in [-0.39, 0.29) is 10.1 Å². The Bertz CT molecular complexity index is 1060. The summed E-state index contributed by atoms with van der Waals surface area (Å²) in [6.45, 7) is 0. The van der Waals surface area contributed by atoms with Crippen LogP contribution in [0.5, 0.6) is 0 Å². The zero-order valence-electron chi connectivity index (χ0n) is 11.5. The van der Waals surface area contributed by atoms with Crippen molar-refractivity contribution in [3.05, 3.63) is 66.7 Å². The average molecular weight is 308 g/mol. The lowest BCUT2D eigenvalue weighted by Crippen LogP contribution is -2.04. The van der Waals surface area contributed by atoms with Crippen molar-refractivity contribution >= 4 is 31.6 Å². The molecule has 0 unspecified atom stereocenters. The lowest BCUT2D eigenvalue weighted by atomic mass is 10.1. The molecule has 22 heavy (non-hydrogen) atoms. The zero-order chi connectivity index (χ0) is 15.2. The van der Waals surface area contributed by atoms with Gasteiger partial charge in [-0.25, -0.2) is 13.4 Å². The second-order valence-electron chi connectivity index (χ2n) is 5.04. The fraction of sp³-hybridized carbons (Fsp3) is 0. The number of sulfone groups is 1. The molecule has 0 saturated heterocycles. The second-order valence-corrected chi connectivity index (χ2v) is 6.87. The van der Waals surface area contributed by atoms with Gasteiger partial charge in [0.2, 0.25) is 15.0 Å². The number of fused-ring (bicyclic) bond motifs is 2. The topological polar surface area (TPSA) is 62.8 Å². The molecule has 108 valence electrons. The van der Waals surface area contributed by atoms with Crippen molar-refractivity contribution in [1.29, 1.82) is 0 Å². The predicted molar refractivity (Wildman–Crippen MR) is 85.5 cm³/mol. The third-order valence-corrected chi connectivity index (χ3v) is 5.30. The van der Waals surface area contributed by atoms with Crippen LogP contribution in [0.3, 0.4) is 0 Å². The highest BCUT2D eigenvalue weighted by Crippen LogP contribution is 2.27. The van der Waals surface area contributed by atoms with Crippen molar-refractivity contribution in [1.82, 2.24) is 9.97 Å². The minimum Gasteiger partial charge on any atom is -0.328 e. The Morgan fingerprint density at radius 3 is 2.41 bits per heavy atom. The molecule has 0 radical (unpaired) electrons. The van der Waals surface area contributed by atoms with Crippen LogP contribution in [0.2, 0.25) is 0 Å². The molecule has 4 rings (SSSR count). The van der Waals surface area contributed by atoms with Crippen LogP contribution < -0.4 is 0 Å². The van der Waals surface area contributed by atoms with Gasteiger partial charge in [0.1, 0.15) is 0 Å². The van der Waals surface area contributed by atoms with E-state index in [0.717, 1.165) is 5.39 Å². The van der Waals surface area contributed by atoms with E-state index in [1.165, 1.54) is 0 Å². The van der Waals surface area contributed by atoms with Gasteiger partial charge in [0.15, 0.2) is 0 Å². The monoisotopic (exact) mass is 308 g/mol. The molecule has 0 aliphatic rings. The zero-order valence-corrected chi connectivity index (χ0v) is 12.3. The molecule has 0 atom stereocenters. The van der Waals surface area contributed by atoms with Gasteiger partial charge >= 0.3 is 0 Å². The first-order chi connectivity index (χ1) is 10.7. The van der Waals surface area contributed by atoms with Crippen LogP contribution in [-0.4, -0.2) is 18.4 Å². The highest BCUT2D eigenvalue weighted by molar-refractivity contribution is 7.91. The Morgan fingerprint density at radius 2 is 1.55 bits per heavy atom. The molecule has 0 aliphatic carbocycles. The summed E-state index contributed by atoms with van der Waals surface area (Å²) in [6, 6.07) is 20.0. The van der Waals surface area contributed by atoms with Crippen molar-refractivity contribution < 1.29 is 8.42 Å². The van der Waals surface area contributed by atoms with Gasteiger partial charge in [-0.1, -0.05) is 48.5 Å². The van der Waals surface area contributed by atoms with E-state index in [2.05, 4.69) is 9.97 Å². The number of nitrogens with zero attached hydrogens (tertiary/aromatic N) is 1. The van der Waals surface area contributed by atoms with E-state index in [1.54, 1.807) is 18.2 Å². The number of aromatic nitrogens is 2. The average Bonchev–Trinajstić information content (AvgIpc) is 2.99. The van der Waals surface area contributed by atoms with Crippen LogP contribution in [-0.2, 0) is 9.84 Å². The molecule has 4 aromatic rings. The molecule has 3 aromatic carbocycles. The fourth-order valence-corrected chi connectivity index (χ4v) is 4.00. The first kappa shape index (κ1) is 13.0. The fourth-order valence-electron chi connectivity index (χ4n) is 2.59. The summed E-state index contributed by atoms with van der Waals surface area (Å²) in [7, 11) is -3.69. The lowest BCUT2D eigenvalue weighted by molar-refractivity contribution is 0.590. The number of nitrogens with one attached hydrogen (secondary N) is 1. The molecular weight excluding hydrogens is 296 g/mol. The smallest absolute Gasteiger partial charge is 0.240 e. The molecule has 0 bridgehead atoms. The van der Waals surface area contributed by atoms with E-state index in [9.17, 15) is 8.42 Å². The summed E-state index contributed by atoms with van der Waals surface area (Å²) in [5, 5.41) is 1.56. The van der Waals surface area contributed by atoms with Crippen molar-refractivity contribution in [2.45, 2.75) is 10.1 Å². The summed E-state index contributed by atoms with van der Waals surface area (Å²) in [5.74, 6) is 0. The Hall–Kier alpha value is -2.66. The predicted octanol–water partition coefficient (Wildman–Crippen LogP) is 3.55. The Morgan fingerprint density at radius 1 is 0.818 bits per heavy atom. The van der Waals surface area contributed by atoms with Gasteiger partial charge in [0.25, 0.3) is 0 Å². The molecule has 0 saturated carbocycles. The van der Waals surface area contributed by atoms with Crippen LogP contribution in [0.25, 0.3) is 21.8 Å². The van der Waals surface area contributed by atoms with Crippen molar-refractivity contribution in [2.75, 3.05) is 0 Å². The molecule has 1 heterocycles. The lowest BCUT2D eigenvalue weighted by Gasteiger charge is -2.05. The summed E-state index contributed by atoms with van der Waals surface area (Å²) in [5.41, 5.74) is 1.35. The molecule has 0 fully saturated rings. The summed E-state index contributed by atoms with van der Waals surface area (Å²) >= 11 is 0. The van der Waals surface area contributed by atoms with Gasteiger partial charge in [-0.15, -0.1) is 0 Å². The SMILES string of the molecule is O=S(=O)(c1nc2ccccc2[nH]1)c1cccc2ccccc12. The van der Waals surface area contributed by atoms with Gasteiger partial charge < -0.3 is 4.98 Å². The van der Waals surface area contributed by atoms with Crippen LogP contribution in [0.1, 0.15) is 0 Å². The van der Waals surface area contributed by atoms with Crippen LogP contribution >= 0.6 is 0 Å². The van der Waals surface area contributed by atoms with Crippen molar-refractivity contribution in [2.24, 2.45) is 0 Å². The highest BCUT2D eigenvalue weighted by atomic mass is 32.2. The van der Waals surface area contributed by atoms with Gasteiger partial charge in [0, 0.05) is 5.39 Å². The van der Waals surface area contributed by atoms with Gasteiger partial charge in [-0.05, 0) is 23.6 Å². The largest absolute Gasteiger partial charge is 0.328 e. The number of aromatic amines is 1. The maximum Gasteiger partial charge on any atom is 0.240 e. The van der Waals surface area contributed by atoms with Crippen LogP contribution in [0.4, 0.5) is 0 Å². The minimum absolute atomic E-state index is 0.0231. The number of rotatable bonds is 2. The van der Waals surface area contributed by atoms with E-state index in [4.69, 9.17) is 0 Å². The Labute approximate surface area is 127 Å². The third-order valence-electron chi connectivity index (χ3n) is 3.66. The molecule has 0 spiro atoms. The maximum atomic E-state index is 12.9. The van der Waals surface area contributed by atoms with E-state index < -0.39 is 9.84 Å². The minimum atomic E-state index is -3.69. The van der Waals surface area contributed by atoms with E-state index in [1.807, 2.05) is 48.5 Å². The van der Waals surface area contributed by atoms with Gasteiger partial charge in [0.05, 0.1) is 15.9 Å². The first-order valence-corrected chi connectivity index (χ1v) is 8.32. The van der Waals surface area contributed by atoms with E-state index >= 15 is 0 Å². The molecule has 0 amide bonds. The number of hydrogen-bond donors (Lipinski definition) is 1. The number of imidazole rings is 1. The quantitative estimate of drug-likeness (QED) is 0.616. The number of para-hydroxylation sites is 2. The van der Waals surface area contributed by atoms with Crippen molar-refractivity contribution in [3.8, 4) is 0 Å². The summed E-state index contributed by atoms with van der Waals surface area (Å²) in [6.07, 6.45) is 0. The molecule has 0 aliphatic heterocycles. The molecular formula is C17H12N2O2S. The number of H-pyrrole nitrogens is 1. The van der Waals surface area contributed by atoms with Gasteiger partial charge in [-0.3, -0.25) is 0 Å². The Kier molecular flexibility index (Phi) is 2.77. The normalized spacial score (nSPS) is 12.0. The number of hydrogen-bond acceptors (Lipinski definition) is 3. The van der Waals surface area contributed by atoms with E-state index in [0.29, 0.717) is 16.4 Å². The highest BCUT2D eigenvalue weighted by Gasteiger charge is 2.23. The molecule has 1 aromatic heterocycles. The third kappa shape index (κ3) is 1.90. The molecule has 1 N–H and O–H groups in total. The molecule has 5 heteroatoms. The van der Waals surface area contributed by atoms with Crippen LogP contribution in [0.15, 0.2) is 76.8 Å². The van der Waals surface area contributed by atoms with Crippen molar-refractivity contribution in [3.63, 3.8) is 0 Å². The van der Waals surface area contributed by atoms with Crippen LogP contribution in [0, 0.1) is 0 Å². The number of benzene rings is 3. The summed E-state index contributed by atoms with van der Waals surface area (Å²) < 4.78 is 25.8. The maximum absolute atomic E-state index is 12.9.